The van der Waals surface area contributed by atoms with Gasteiger partial charge < -0.3 is 14.8 Å². The van der Waals surface area contributed by atoms with E-state index in [4.69, 9.17) is 0 Å². The summed E-state index contributed by atoms with van der Waals surface area (Å²) in [6.07, 6.45) is 8.10. The van der Waals surface area contributed by atoms with Crippen LogP contribution in [0.4, 0.5) is 0 Å². The second kappa shape index (κ2) is 10.2. The first-order valence-corrected chi connectivity index (χ1v) is 7.59. The summed E-state index contributed by atoms with van der Waals surface area (Å²) in [5, 5.41) is 10.9. The molecule has 0 saturated carbocycles. The Bertz CT molecular complexity index is 360. The van der Waals surface area contributed by atoms with Gasteiger partial charge in [0.2, 0.25) is 0 Å². The largest absolute Gasteiger partial charge is 0.357 e. The van der Waals surface area contributed by atoms with Gasteiger partial charge in [0.15, 0.2) is 5.96 Å². The molecule has 0 aliphatic carbocycles. The standard InChI is InChI=1S/C14H28N6/c1-4-6-10-19(3)14(15-5-2)16-9-7-8-11-20-12-17-18-13-20/h12-13H,4-11H2,1-3H3,(H,15,16). The van der Waals surface area contributed by atoms with Crippen molar-refractivity contribution in [2.45, 2.75) is 46.1 Å². The fraction of sp³-hybridized carbons (Fsp3) is 0.786. The second-order valence-electron chi connectivity index (χ2n) is 4.92. The fourth-order valence-electron chi connectivity index (χ4n) is 1.90. The van der Waals surface area contributed by atoms with E-state index in [9.17, 15) is 0 Å². The number of hydrogen-bond acceptors (Lipinski definition) is 3. The van der Waals surface area contributed by atoms with E-state index in [0.717, 1.165) is 45.0 Å². The minimum Gasteiger partial charge on any atom is -0.357 e. The van der Waals surface area contributed by atoms with Crippen molar-refractivity contribution in [3.05, 3.63) is 12.7 Å². The topological polar surface area (TPSA) is 58.3 Å². The summed E-state index contributed by atoms with van der Waals surface area (Å²) in [5.74, 6) is 1.02. The van der Waals surface area contributed by atoms with E-state index in [0.29, 0.717) is 0 Å². The third-order valence-corrected chi connectivity index (χ3v) is 3.10. The molecule has 1 heterocycles. The van der Waals surface area contributed by atoms with E-state index in [1.807, 2.05) is 4.57 Å². The first-order valence-electron chi connectivity index (χ1n) is 7.59. The molecule has 0 saturated heterocycles. The zero-order valence-electron chi connectivity index (χ0n) is 13.0. The maximum Gasteiger partial charge on any atom is 0.193 e. The van der Waals surface area contributed by atoms with Crippen molar-refractivity contribution in [2.75, 3.05) is 26.7 Å². The van der Waals surface area contributed by atoms with Crippen molar-refractivity contribution >= 4 is 5.96 Å². The lowest BCUT2D eigenvalue weighted by Gasteiger charge is -2.21. The van der Waals surface area contributed by atoms with E-state index >= 15 is 0 Å². The maximum atomic E-state index is 4.68. The van der Waals surface area contributed by atoms with Gasteiger partial charge in [-0.15, -0.1) is 10.2 Å². The van der Waals surface area contributed by atoms with Crippen molar-refractivity contribution in [1.82, 2.24) is 25.0 Å². The monoisotopic (exact) mass is 280 g/mol. The number of hydrogen-bond donors (Lipinski definition) is 1. The Morgan fingerprint density at radius 2 is 1.95 bits per heavy atom. The lowest BCUT2D eigenvalue weighted by Crippen LogP contribution is -2.39. The highest BCUT2D eigenvalue weighted by Crippen LogP contribution is 1.97. The third-order valence-electron chi connectivity index (χ3n) is 3.10. The Balaban J connectivity index is 2.27. The Hall–Kier alpha value is -1.59. The van der Waals surface area contributed by atoms with Gasteiger partial charge in [-0.25, -0.2) is 0 Å². The lowest BCUT2D eigenvalue weighted by atomic mass is 10.3. The Labute approximate surface area is 122 Å². The highest BCUT2D eigenvalue weighted by Gasteiger charge is 2.03. The van der Waals surface area contributed by atoms with Gasteiger partial charge in [0.1, 0.15) is 12.7 Å². The molecule has 6 nitrogen and oxygen atoms in total. The van der Waals surface area contributed by atoms with Gasteiger partial charge in [-0.2, -0.15) is 0 Å². The van der Waals surface area contributed by atoms with Crippen LogP contribution in [0, 0.1) is 0 Å². The molecule has 0 aromatic carbocycles. The van der Waals surface area contributed by atoms with Gasteiger partial charge in [0.05, 0.1) is 0 Å². The van der Waals surface area contributed by atoms with Gasteiger partial charge in [0.25, 0.3) is 0 Å². The van der Waals surface area contributed by atoms with E-state index in [-0.39, 0.29) is 0 Å². The van der Waals surface area contributed by atoms with Crippen LogP contribution in [-0.4, -0.2) is 52.3 Å². The Morgan fingerprint density at radius 1 is 1.20 bits per heavy atom. The molecule has 1 N–H and O–H groups in total. The number of aliphatic imine (C=N–C) groups is 1. The smallest absolute Gasteiger partial charge is 0.193 e. The van der Waals surface area contributed by atoms with Gasteiger partial charge in [0, 0.05) is 33.2 Å². The number of guanidine groups is 1. The molecular weight excluding hydrogens is 252 g/mol. The molecule has 0 fully saturated rings. The minimum absolute atomic E-state index is 0.862. The molecular formula is C14H28N6. The summed E-state index contributed by atoms with van der Waals surface area (Å²) in [5.41, 5.74) is 0. The molecule has 1 aromatic heterocycles. The molecule has 0 atom stereocenters. The summed E-state index contributed by atoms with van der Waals surface area (Å²) in [6, 6.07) is 0. The van der Waals surface area contributed by atoms with Crippen LogP contribution in [-0.2, 0) is 6.54 Å². The van der Waals surface area contributed by atoms with Crippen LogP contribution in [0.2, 0.25) is 0 Å². The van der Waals surface area contributed by atoms with Crippen molar-refractivity contribution in [3.63, 3.8) is 0 Å². The van der Waals surface area contributed by atoms with Crippen molar-refractivity contribution in [2.24, 2.45) is 4.99 Å². The lowest BCUT2D eigenvalue weighted by molar-refractivity contribution is 0.464. The molecule has 1 aromatic rings. The van der Waals surface area contributed by atoms with Gasteiger partial charge in [-0.05, 0) is 26.2 Å². The van der Waals surface area contributed by atoms with Gasteiger partial charge >= 0.3 is 0 Å². The summed E-state index contributed by atoms with van der Waals surface area (Å²) < 4.78 is 2.00. The normalized spacial score (nSPS) is 11.7. The molecule has 114 valence electrons. The molecule has 0 radical (unpaired) electrons. The molecule has 20 heavy (non-hydrogen) atoms. The van der Waals surface area contributed by atoms with Crippen LogP contribution in [0.3, 0.4) is 0 Å². The average molecular weight is 280 g/mol. The fourth-order valence-corrected chi connectivity index (χ4v) is 1.90. The molecule has 0 spiro atoms. The van der Waals surface area contributed by atoms with E-state index < -0.39 is 0 Å². The van der Waals surface area contributed by atoms with E-state index in [2.05, 4.69) is 46.3 Å². The summed E-state index contributed by atoms with van der Waals surface area (Å²) in [7, 11) is 2.11. The first kappa shape index (κ1) is 16.5. The van der Waals surface area contributed by atoms with Crippen molar-refractivity contribution in [1.29, 1.82) is 0 Å². The number of unbranched alkanes of at least 4 members (excludes halogenated alkanes) is 2. The second-order valence-corrected chi connectivity index (χ2v) is 4.92. The zero-order valence-corrected chi connectivity index (χ0v) is 13.0. The molecule has 6 heteroatoms. The van der Waals surface area contributed by atoms with Crippen LogP contribution in [0.15, 0.2) is 17.6 Å². The van der Waals surface area contributed by atoms with Crippen LogP contribution < -0.4 is 5.32 Å². The van der Waals surface area contributed by atoms with Gasteiger partial charge in [-0.3, -0.25) is 4.99 Å². The Morgan fingerprint density at radius 3 is 2.60 bits per heavy atom. The Kier molecular flexibility index (Phi) is 8.42. The SMILES string of the molecule is CCCCN(C)C(=NCCCCn1cnnc1)NCC. The van der Waals surface area contributed by atoms with Crippen LogP contribution in [0.25, 0.3) is 0 Å². The average Bonchev–Trinajstić information content (AvgIpc) is 2.96. The number of rotatable bonds is 9. The number of aromatic nitrogens is 3. The van der Waals surface area contributed by atoms with Crippen LogP contribution in [0.1, 0.15) is 39.5 Å². The van der Waals surface area contributed by atoms with Crippen molar-refractivity contribution < 1.29 is 0 Å². The third kappa shape index (κ3) is 6.54. The van der Waals surface area contributed by atoms with Crippen LogP contribution in [0.5, 0.6) is 0 Å². The first-order chi connectivity index (χ1) is 9.77. The molecule has 1 rings (SSSR count). The summed E-state index contributed by atoms with van der Waals surface area (Å²) in [6.45, 7) is 8.11. The molecule has 0 aliphatic rings. The quantitative estimate of drug-likeness (QED) is 0.425. The van der Waals surface area contributed by atoms with E-state index in [1.54, 1.807) is 12.7 Å². The highest BCUT2D eigenvalue weighted by molar-refractivity contribution is 5.79. The van der Waals surface area contributed by atoms with Crippen molar-refractivity contribution in [3.8, 4) is 0 Å². The van der Waals surface area contributed by atoms with E-state index in [1.165, 1.54) is 12.8 Å². The zero-order chi connectivity index (χ0) is 14.6. The number of aryl methyl sites for hydroxylation is 1. The van der Waals surface area contributed by atoms with Crippen LogP contribution >= 0.6 is 0 Å². The molecule has 0 aliphatic heterocycles. The predicted octanol–water partition coefficient (Wildman–Crippen LogP) is 1.76. The molecule has 0 unspecified atom stereocenters. The molecule has 0 bridgehead atoms. The number of nitrogens with one attached hydrogen (secondary N) is 1. The minimum atomic E-state index is 0.862. The molecule has 0 amide bonds. The highest BCUT2D eigenvalue weighted by atomic mass is 15.3. The summed E-state index contributed by atoms with van der Waals surface area (Å²) >= 11 is 0. The summed E-state index contributed by atoms with van der Waals surface area (Å²) in [4.78, 5) is 6.89. The predicted molar refractivity (Wildman–Crippen MR) is 82.8 cm³/mol. The maximum absolute atomic E-state index is 4.68. The number of nitrogens with zero attached hydrogens (tertiary/aromatic N) is 5. The van der Waals surface area contributed by atoms with Gasteiger partial charge in [-0.1, -0.05) is 13.3 Å².